The lowest BCUT2D eigenvalue weighted by atomic mass is 10.2. The van der Waals surface area contributed by atoms with Crippen molar-refractivity contribution in [2.24, 2.45) is 0 Å². The Morgan fingerprint density at radius 1 is 1.50 bits per heavy atom. The largest absolute Gasteiger partial charge is 0.383 e. The lowest BCUT2D eigenvalue weighted by Gasteiger charge is -1.99. The molecule has 0 rings (SSSR count). The summed E-state index contributed by atoms with van der Waals surface area (Å²) in [6, 6.07) is 0. The van der Waals surface area contributed by atoms with Crippen LogP contribution in [0.1, 0.15) is 32.6 Å². The van der Waals surface area contributed by atoms with Crippen molar-refractivity contribution < 1.29 is 5.11 Å². The molecular weight excluding hydrogens is 120 g/mol. The molecule has 0 aliphatic carbocycles. The van der Waals surface area contributed by atoms with E-state index in [4.69, 9.17) is 5.11 Å². The molecule has 0 heterocycles. The zero-order chi connectivity index (χ0) is 6.41. The van der Waals surface area contributed by atoms with Gasteiger partial charge in [0.15, 0.2) is 0 Å². The molecule has 0 aliphatic heterocycles. The van der Waals surface area contributed by atoms with Crippen molar-refractivity contribution in [2.75, 3.05) is 0 Å². The van der Waals surface area contributed by atoms with Gasteiger partial charge in [0.25, 0.3) is 0 Å². The second kappa shape index (κ2) is 5.45. The van der Waals surface area contributed by atoms with Crippen LogP contribution in [-0.4, -0.2) is 10.5 Å². The number of hydrogen-bond donors (Lipinski definition) is 2. The highest BCUT2D eigenvalue weighted by Gasteiger charge is 1.92. The van der Waals surface area contributed by atoms with Gasteiger partial charge in [0.1, 0.15) is 0 Å². The van der Waals surface area contributed by atoms with E-state index in [9.17, 15) is 0 Å². The molecule has 0 aromatic rings. The molecule has 1 atom stereocenters. The summed E-state index contributed by atoms with van der Waals surface area (Å²) >= 11 is 3.83. The van der Waals surface area contributed by atoms with Crippen molar-refractivity contribution >= 4 is 12.6 Å². The molecule has 0 saturated carbocycles. The lowest BCUT2D eigenvalue weighted by molar-refractivity contribution is 0.250. The number of aliphatic hydroxyl groups excluding tert-OH is 1. The summed E-state index contributed by atoms with van der Waals surface area (Å²) < 4.78 is 0. The third-order valence-corrected chi connectivity index (χ3v) is 1.32. The number of hydrogen-bond acceptors (Lipinski definition) is 2. The van der Waals surface area contributed by atoms with E-state index in [1.165, 1.54) is 12.8 Å². The quantitative estimate of drug-likeness (QED) is 0.341. The summed E-state index contributed by atoms with van der Waals surface area (Å²) in [6.07, 6.45) is 4.34. The Kier molecular flexibility index (Phi) is 5.66. The number of rotatable bonds is 4. The fourth-order valence-electron chi connectivity index (χ4n) is 0.577. The topological polar surface area (TPSA) is 20.2 Å². The first-order valence-corrected chi connectivity index (χ1v) is 3.65. The Morgan fingerprint density at radius 3 is 2.50 bits per heavy atom. The normalized spacial score (nSPS) is 13.9. The minimum atomic E-state index is -0.401. The molecule has 50 valence electrons. The Morgan fingerprint density at radius 2 is 2.12 bits per heavy atom. The van der Waals surface area contributed by atoms with Crippen molar-refractivity contribution in [2.45, 2.75) is 38.0 Å². The first-order chi connectivity index (χ1) is 3.77. The molecule has 0 amide bonds. The third kappa shape index (κ3) is 6.31. The van der Waals surface area contributed by atoms with Gasteiger partial charge < -0.3 is 5.11 Å². The molecule has 0 fully saturated rings. The van der Waals surface area contributed by atoms with Crippen LogP contribution in [0.2, 0.25) is 0 Å². The van der Waals surface area contributed by atoms with Crippen molar-refractivity contribution in [1.29, 1.82) is 0 Å². The molecule has 1 nitrogen and oxygen atoms in total. The molecule has 1 N–H and O–H groups in total. The molecule has 0 radical (unpaired) electrons. The van der Waals surface area contributed by atoms with Gasteiger partial charge in [-0.05, 0) is 6.42 Å². The minimum absolute atomic E-state index is 0.401. The van der Waals surface area contributed by atoms with Crippen molar-refractivity contribution in [3.05, 3.63) is 0 Å². The summed E-state index contributed by atoms with van der Waals surface area (Å²) in [5.41, 5.74) is -0.401. The maximum Gasteiger partial charge on any atom is 0.0964 e. The number of aliphatic hydroxyl groups is 1. The van der Waals surface area contributed by atoms with E-state index >= 15 is 0 Å². The van der Waals surface area contributed by atoms with Gasteiger partial charge in [-0.1, -0.05) is 26.2 Å². The van der Waals surface area contributed by atoms with Gasteiger partial charge in [-0.3, -0.25) is 0 Å². The van der Waals surface area contributed by atoms with Crippen molar-refractivity contribution in [3.63, 3.8) is 0 Å². The molecule has 0 saturated heterocycles. The van der Waals surface area contributed by atoms with Gasteiger partial charge in [0, 0.05) is 0 Å². The minimum Gasteiger partial charge on any atom is -0.383 e. The van der Waals surface area contributed by atoms with Crippen LogP contribution in [0.4, 0.5) is 0 Å². The van der Waals surface area contributed by atoms with Gasteiger partial charge in [0.2, 0.25) is 0 Å². The van der Waals surface area contributed by atoms with E-state index in [0.29, 0.717) is 0 Å². The molecule has 0 aliphatic rings. The van der Waals surface area contributed by atoms with E-state index < -0.39 is 5.44 Å². The van der Waals surface area contributed by atoms with E-state index in [2.05, 4.69) is 19.6 Å². The van der Waals surface area contributed by atoms with Crippen LogP contribution in [-0.2, 0) is 0 Å². The van der Waals surface area contributed by atoms with Gasteiger partial charge >= 0.3 is 0 Å². The van der Waals surface area contributed by atoms with E-state index in [-0.39, 0.29) is 0 Å². The second-order valence-electron chi connectivity index (χ2n) is 1.98. The average Bonchev–Trinajstić information content (AvgIpc) is 1.66. The number of thiol groups is 1. The molecule has 0 bridgehead atoms. The highest BCUT2D eigenvalue weighted by atomic mass is 32.1. The van der Waals surface area contributed by atoms with Gasteiger partial charge in [-0.2, -0.15) is 0 Å². The Bertz CT molecular complexity index is 45.8. The highest BCUT2D eigenvalue weighted by Crippen LogP contribution is 2.04. The maximum absolute atomic E-state index is 8.64. The number of unbranched alkanes of at least 4 members (excludes halogenated alkanes) is 2. The van der Waals surface area contributed by atoms with E-state index in [1.807, 2.05) is 0 Å². The van der Waals surface area contributed by atoms with Gasteiger partial charge in [-0.25, -0.2) is 0 Å². The van der Waals surface area contributed by atoms with Crippen LogP contribution in [0, 0.1) is 0 Å². The summed E-state index contributed by atoms with van der Waals surface area (Å²) in [5.74, 6) is 0. The van der Waals surface area contributed by atoms with Crippen LogP contribution in [0.3, 0.4) is 0 Å². The third-order valence-electron chi connectivity index (χ3n) is 1.07. The van der Waals surface area contributed by atoms with Crippen LogP contribution in [0.15, 0.2) is 0 Å². The Labute approximate surface area is 56.5 Å². The summed E-state index contributed by atoms with van der Waals surface area (Å²) in [6.45, 7) is 2.14. The molecule has 1 unspecified atom stereocenters. The zero-order valence-corrected chi connectivity index (χ0v) is 6.19. The predicted octanol–water partition coefficient (Wildman–Crippen LogP) is 1.81. The van der Waals surface area contributed by atoms with Crippen LogP contribution >= 0.6 is 12.6 Å². The SMILES string of the molecule is CCCCCC(O)S. The monoisotopic (exact) mass is 134 g/mol. The molecule has 0 aromatic carbocycles. The molecule has 0 spiro atoms. The maximum atomic E-state index is 8.64. The lowest BCUT2D eigenvalue weighted by Crippen LogP contribution is -1.93. The molecular formula is C6H14OS. The highest BCUT2D eigenvalue weighted by molar-refractivity contribution is 7.80. The van der Waals surface area contributed by atoms with E-state index in [0.717, 1.165) is 12.8 Å². The van der Waals surface area contributed by atoms with Gasteiger partial charge in [0.05, 0.1) is 5.44 Å². The van der Waals surface area contributed by atoms with Crippen LogP contribution in [0.25, 0.3) is 0 Å². The summed E-state index contributed by atoms with van der Waals surface area (Å²) in [4.78, 5) is 0. The Hall–Kier alpha value is 0.310. The predicted molar refractivity (Wildman–Crippen MR) is 39.1 cm³/mol. The second-order valence-corrected chi connectivity index (χ2v) is 2.57. The fraction of sp³-hybridized carbons (Fsp3) is 1.00. The fourth-order valence-corrected chi connectivity index (χ4v) is 0.759. The molecule has 2 heteroatoms. The Balaban J connectivity index is 2.72. The van der Waals surface area contributed by atoms with Crippen LogP contribution in [0.5, 0.6) is 0 Å². The first kappa shape index (κ1) is 8.31. The van der Waals surface area contributed by atoms with Gasteiger partial charge in [-0.15, -0.1) is 12.6 Å². The smallest absolute Gasteiger partial charge is 0.0964 e. The average molecular weight is 134 g/mol. The van der Waals surface area contributed by atoms with Crippen molar-refractivity contribution in [3.8, 4) is 0 Å². The standard InChI is InChI=1S/C6H14OS/c1-2-3-4-5-6(7)8/h6-8H,2-5H2,1H3. The summed E-state index contributed by atoms with van der Waals surface area (Å²) in [7, 11) is 0. The molecule has 8 heavy (non-hydrogen) atoms. The van der Waals surface area contributed by atoms with Crippen LogP contribution < -0.4 is 0 Å². The summed E-state index contributed by atoms with van der Waals surface area (Å²) in [5, 5.41) is 8.64. The van der Waals surface area contributed by atoms with Crippen molar-refractivity contribution in [1.82, 2.24) is 0 Å². The zero-order valence-electron chi connectivity index (χ0n) is 5.30. The van der Waals surface area contributed by atoms with E-state index in [1.54, 1.807) is 0 Å². The molecule has 0 aromatic heterocycles. The first-order valence-electron chi connectivity index (χ1n) is 3.13.